The second kappa shape index (κ2) is 7.92. The topological polar surface area (TPSA) is 60.8 Å². The van der Waals surface area contributed by atoms with Crippen molar-refractivity contribution >= 4 is 17.2 Å². The van der Waals surface area contributed by atoms with Crippen LogP contribution in [0.3, 0.4) is 0 Å². The van der Waals surface area contributed by atoms with Gasteiger partial charge in [-0.15, -0.1) is 11.3 Å². The Morgan fingerprint density at radius 3 is 2.62 bits per heavy atom. The van der Waals surface area contributed by atoms with Gasteiger partial charge in [-0.25, -0.2) is 0 Å². The van der Waals surface area contributed by atoms with Crippen molar-refractivity contribution in [1.29, 1.82) is 0 Å². The van der Waals surface area contributed by atoms with Gasteiger partial charge in [-0.1, -0.05) is 36.4 Å². The number of amides is 1. The number of benzene rings is 1. The van der Waals surface area contributed by atoms with Crippen LogP contribution in [0.1, 0.15) is 35.8 Å². The van der Waals surface area contributed by atoms with Crippen molar-refractivity contribution in [3.05, 3.63) is 58.3 Å². The Morgan fingerprint density at radius 2 is 2.00 bits per heavy atom. The van der Waals surface area contributed by atoms with Gasteiger partial charge in [0, 0.05) is 11.4 Å². The number of rotatable bonds is 6. The van der Waals surface area contributed by atoms with Gasteiger partial charge in [0.05, 0.1) is 18.6 Å². The fraction of sp³-hybridized carbons (Fsp3) is 0.421. The first-order valence-corrected chi connectivity index (χ1v) is 9.25. The van der Waals surface area contributed by atoms with E-state index in [9.17, 15) is 15.0 Å². The summed E-state index contributed by atoms with van der Waals surface area (Å²) in [5.74, 6) is -0.399. The predicted molar refractivity (Wildman–Crippen MR) is 94.5 cm³/mol. The molecular weight excluding hydrogens is 322 g/mol. The molecule has 1 aliphatic carbocycles. The summed E-state index contributed by atoms with van der Waals surface area (Å²) >= 11 is 1.49. The highest BCUT2D eigenvalue weighted by Crippen LogP contribution is 2.29. The van der Waals surface area contributed by atoms with Crippen LogP contribution in [0.5, 0.6) is 0 Å². The summed E-state index contributed by atoms with van der Waals surface area (Å²) in [6.07, 6.45) is 1.03. The van der Waals surface area contributed by atoms with Crippen LogP contribution in [-0.2, 0) is 11.3 Å². The minimum Gasteiger partial charge on any atom is -0.392 e. The molecule has 1 saturated carbocycles. The lowest BCUT2D eigenvalue weighted by atomic mass is 10.0. The van der Waals surface area contributed by atoms with Gasteiger partial charge in [-0.3, -0.25) is 4.79 Å². The average molecular weight is 345 g/mol. The molecule has 2 N–H and O–H groups in total. The van der Waals surface area contributed by atoms with E-state index in [2.05, 4.69) is 0 Å². The lowest BCUT2D eigenvalue weighted by Gasteiger charge is -2.29. The zero-order valence-electron chi connectivity index (χ0n) is 13.5. The maximum atomic E-state index is 12.9. The molecule has 4 nitrogen and oxygen atoms in total. The molecule has 0 bridgehead atoms. The minimum absolute atomic E-state index is 0.0561. The van der Waals surface area contributed by atoms with Gasteiger partial charge in [-0.05, 0) is 36.3 Å². The van der Waals surface area contributed by atoms with E-state index < -0.39 is 12.2 Å². The lowest BCUT2D eigenvalue weighted by Crippen LogP contribution is -2.40. The Balaban J connectivity index is 1.76. The summed E-state index contributed by atoms with van der Waals surface area (Å²) in [5, 5.41) is 22.5. The number of carbonyl (C=O) groups excluding carboxylic acids is 1. The number of aliphatic hydroxyl groups is 2. The molecule has 0 spiro atoms. The van der Waals surface area contributed by atoms with E-state index in [4.69, 9.17) is 0 Å². The smallest absolute Gasteiger partial charge is 0.228 e. The van der Waals surface area contributed by atoms with E-state index in [1.54, 1.807) is 4.90 Å². The molecule has 0 aliphatic heterocycles. The number of nitrogens with zero attached hydrogens (tertiary/aromatic N) is 1. The molecule has 1 aromatic carbocycles. The molecule has 128 valence electrons. The summed E-state index contributed by atoms with van der Waals surface area (Å²) in [6.45, 7) is 0.697. The largest absolute Gasteiger partial charge is 0.392 e. The quantitative estimate of drug-likeness (QED) is 0.846. The highest BCUT2D eigenvalue weighted by atomic mass is 32.1. The number of thiophene rings is 1. The van der Waals surface area contributed by atoms with Crippen molar-refractivity contribution in [2.75, 3.05) is 6.54 Å². The number of hydrogen-bond acceptors (Lipinski definition) is 4. The Morgan fingerprint density at radius 1 is 1.21 bits per heavy atom. The van der Waals surface area contributed by atoms with E-state index in [1.165, 1.54) is 11.3 Å². The van der Waals surface area contributed by atoms with E-state index in [-0.39, 0.29) is 18.4 Å². The third-order valence-corrected chi connectivity index (χ3v) is 5.56. The van der Waals surface area contributed by atoms with Gasteiger partial charge in [0.25, 0.3) is 0 Å². The van der Waals surface area contributed by atoms with Crippen LogP contribution in [0.15, 0.2) is 47.8 Å². The van der Waals surface area contributed by atoms with Crippen molar-refractivity contribution in [2.45, 2.75) is 38.0 Å². The van der Waals surface area contributed by atoms with Crippen LogP contribution < -0.4 is 0 Å². The molecule has 3 rings (SSSR count). The van der Waals surface area contributed by atoms with Crippen molar-refractivity contribution in [2.24, 2.45) is 5.92 Å². The second-order valence-corrected chi connectivity index (χ2v) is 7.32. The van der Waals surface area contributed by atoms with Crippen molar-refractivity contribution in [3.63, 3.8) is 0 Å². The number of aliphatic hydroxyl groups excluding tert-OH is 2. The van der Waals surface area contributed by atoms with Gasteiger partial charge in [0.2, 0.25) is 5.91 Å². The van der Waals surface area contributed by atoms with Crippen LogP contribution in [-0.4, -0.2) is 33.7 Å². The molecule has 1 amide bonds. The van der Waals surface area contributed by atoms with E-state index in [1.807, 2.05) is 47.8 Å². The van der Waals surface area contributed by atoms with Crippen molar-refractivity contribution in [1.82, 2.24) is 4.90 Å². The summed E-state index contributed by atoms with van der Waals surface area (Å²) in [7, 11) is 0. The van der Waals surface area contributed by atoms with Crippen molar-refractivity contribution < 1.29 is 15.0 Å². The molecule has 2 aromatic rings. The molecule has 1 heterocycles. The fourth-order valence-electron chi connectivity index (χ4n) is 3.28. The van der Waals surface area contributed by atoms with Crippen LogP contribution in [0.4, 0.5) is 0 Å². The zero-order chi connectivity index (χ0) is 16.9. The number of hydrogen-bond donors (Lipinski definition) is 2. The predicted octanol–water partition coefficient (Wildman–Crippen LogP) is 2.97. The molecule has 0 saturated heterocycles. The molecule has 5 heteroatoms. The first-order chi connectivity index (χ1) is 11.6. The lowest BCUT2D eigenvalue weighted by molar-refractivity contribution is -0.140. The number of carbonyl (C=O) groups is 1. The molecule has 3 unspecified atom stereocenters. The Labute approximate surface area is 146 Å². The summed E-state index contributed by atoms with van der Waals surface area (Å²) in [4.78, 5) is 15.5. The third-order valence-electron chi connectivity index (χ3n) is 4.59. The first-order valence-electron chi connectivity index (χ1n) is 8.37. The highest BCUT2D eigenvalue weighted by molar-refractivity contribution is 7.10. The van der Waals surface area contributed by atoms with E-state index in [0.717, 1.165) is 23.3 Å². The second-order valence-electron chi connectivity index (χ2n) is 6.34. The molecule has 0 radical (unpaired) electrons. The van der Waals surface area contributed by atoms with Crippen LogP contribution >= 0.6 is 11.3 Å². The minimum atomic E-state index is -0.698. The SMILES string of the molecule is O=C(C1CCCC1O)N(Cc1ccccc1)CC(O)c1cccs1. The Hall–Kier alpha value is -1.69. The molecule has 1 fully saturated rings. The fourth-order valence-corrected chi connectivity index (χ4v) is 3.98. The summed E-state index contributed by atoms with van der Waals surface area (Å²) < 4.78 is 0. The first kappa shape index (κ1) is 17.1. The van der Waals surface area contributed by atoms with Gasteiger partial charge >= 0.3 is 0 Å². The van der Waals surface area contributed by atoms with Gasteiger partial charge in [0.15, 0.2) is 0 Å². The summed E-state index contributed by atoms with van der Waals surface area (Å²) in [5.41, 5.74) is 1.02. The molecule has 24 heavy (non-hydrogen) atoms. The van der Waals surface area contributed by atoms with E-state index in [0.29, 0.717) is 13.0 Å². The third kappa shape index (κ3) is 4.04. The average Bonchev–Trinajstić information content (AvgIpc) is 3.26. The molecule has 1 aliphatic rings. The standard InChI is InChI=1S/C19H23NO3S/c21-16-9-4-8-15(16)19(23)20(12-14-6-2-1-3-7-14)13-17(22)18-10-5-11-24-18/h1-3,5-7,10-11,15-17,21-22H,4,8-9,12-13H2. The van der Waals surface area contributed by atoms with Gasteiger partial charge in [0.1, 0.15) is 6.10 Å². The maximum absolute atomic E-state index is 12.9. The van der Waals surface area contributed by atoms with Crippen LogP contribution in [0.2, 0.25) is 0 Å². The monoisotopic (exact) mass is 345 g/mol. The van der Waals surface area contributed by atoms with Crippen molar-refractivity contribution in [3.8, 4) is 0 Å². The van der Waals surface area contributed by atoms with Gasteiger partial charge in [-0.2, -0.15) is 0 Å². The van der Waals surface area contributed by atoms with Crippen LogP contribution in [0, 0.1) is 5.92 Å². The molecule has 1 aromatic heterocycles. The summed E-state index contributed by atoms with van der Waals surface area (Å²) in [6, 6.07) is 13.6. The Bertz CT molecular complexity index is 644. The molecular formula is C19H23NO3S. The van der Waals surface area contributed by atoms with Gasteiger partial charge < -0.3 is 15.1 Å². The maximum Gasteiger partial charge on any atom is 0.228 e. The zero-order valence-corrected chi connectivity index (χ0v) is 14.4. The van der Waals surface area contributed by atoms with Crippen LogP contribution in [0.25, 0.3) is 0 Å². The Kier molecular flexibility index (Phi) is 5.66. The van der Waals surface area contributed by atoms with E-state index >= 15 is 0 Å². The molecule has 3 atom stereocenters. The normalized spacial score (nSPS) is 21.6. The highest BCUT2D eigenvalue weighted by Gasteiger charge is 2.35.